The zero-order valence-electron chi connectivity index (χ0n) is 10.7. The molecule has 1 heterocycles. The fourth-order valence-corrected chi connectivity index (χ4v) is 2.34. The molecule has 3 nitrogen and oxygen atoms in total. The molecule has 0 saturated carbocycles. The van der Waals surface area contributed by atoms with E-state index in [1.165, 1.54) is 0 Å². The summed E-state index contributed by atoms with van der Waals surface area (Å²) in [7, 11) is 0. The van der Waals surface area contributed by atoms with Crippen molar-refractivity contribution < 1.29 is 9.84 Å². The SMILES string of the molecule is CC(C)CNCCC(CO)C1CCOCC1. The van der Waals surface area contributed by atoms with E-state index in [1.807, 2.05) is 0 Å². The lowest BCUT2D eigenvalue weighted by atomic mass is 9.84. The largest absolute Gasteiger partial charge is 0.396 e. The second kappa shape index (κ2) is 8.04. The van der Waals surface area contributed by atoms with E-state index in [9.17, 15) is 5.11 Å². The second-order valence-corrected chi connectivity index (χ2v) is 5.28. The molecular formula is C13H27NO2. The van der Waals surface area contributed by atoms with Crippen molar-refractivity contribution in [2.75, 3.05) is 32.9 Å². The minimum atomic E-state index is 0.327. The quantitative estimate of drug-likeness (QED) is 0.652. The van der Waals surface area contributed by atoms with Crippen molar-refractivity contribution in [3.05, 3.63) is 0 Å². The fourth-order valence-electron chi connectivity index (χ4n) is 2.34. The van der Waals surface area contributed by atoms with Gasteiger partial charge in [0.1, 0.15) is 0 Å². The highest BCUT2D eigenvalue weighted by Gasteiger charge is 2.22. The van der Waals surface area contributed by atoms with Gasteiger partial charge in [0, 0.05) is 19.8 Å². The number of aliphatic hydroxyl groups is 1. The molecule has 0 aromatic heterocycles. The number of aliphatic hydroxyl groups excluding tert-OH is 1. The van der Waals surface area contributed by atoms with Crippen LogP contribution in [0.4, 0.5) is 0 Å². The van der Waals surface area contributed by atoms with Gasteiger partial charge in [0.15, 0.2) is 0 Å². The first-order valence-corrected chi connectivity index (χ1v) is 6.63. The maximum atomic E-state index is 9.42. The Balaban J connectivity index is 2.15. The summed E-state index contributed by atoms with van der Waals surface area (Å²) in [5, 5.41) is 12.9. The number of nitrogens with one attached hydrogen (secondary N) is 1. The molecule has 1 aliphatic heterocycles. The van der Waals surface area contributed by atoms with E-state index in [0.717, 1.165) is 45.6 Å². The third-order valence-corrected chi connectivity index (χ3v) is 3.41. The van der Waals surface area contributed by atoms with Crippen LogP contribution in [-0.4, -0.2) is 38.0 Å². The third kappa shape index (κ3) is 5.28. The van der Waals surface area contributed by atoms with Crippen LogP contribution in [0.5, 0.6) is 0 Å². The Kier molecular flexibility index (Phi) is 7.01. The topological polar surface area (TPSA) is 41.5 Å². The van der Waals surface area contributed by atoms with Crippen LogP contribution in [0.25, 0.3) is 0 Å². The number of hydrogen-bond acceptors (Lipinski definition) is 3. The Morgan fingerprint density at radius 2 is 2.00 bits per heavy atom. The summed E-state index contributed by atoms with van der Waals surface area (Å²) in [5.41, 5.74) is 0. The van der Waals surface area contributed by atoms with Crippen LogP contribution in [0, 0.1) is 17.8 Å². The van der Waals surface area contributed by atoms with Crippen LogP contribution in [0.1, 0.15) is 33.1 Å². The van der Waals surface area contributed by atoms with E-state index in [2.05, 4.69) is 19.2 Å². The summed E-state index contributed by atoms with van der Waals surface area (Å²) in [6, 6.07) is 0. The summed E-state index contributed by atoms with van der Waals surface area (Å²) < 4.78 is 5.35. The standard InChI is InChI=1S/C13H27NO2/c1-11(2)9-14-6-3-13(10-15)12-4-7-16-8-5-12/h11-15H,3-10H2,1-2H3. The van der Waals surface area contributed by atoms with E-state index in [4.69, 9.17) is 4.74 Å². The molecule has 1 saturated heterocycles. The highest BCUT2D eigenvalue weighted by atomic mass is 16.5. The molecule has 0 aliphatic carbocycles. The van der Waals surface area contributed by atoms with Crippen molar-refractivity contribution in [2.45, 2.75) is 33.1 Å². The van der Waals surface area contributed by atoms with Gasteiger partial charge in [0.2, 0.25) is 0 Å². The van der Waals surface area contributed by atoms with Crippen molar-refractivity contribution in [3.8, 4) is 0 Å². The molecule has 16 heavy (non-hydrogen) atoms. The summed E-state index contributed by atoms with van der Waals surface area (Å²) in [6.07, 6.45) is 3.33. The highest BCUT2D eigenvalue weighted by molar-refractivity contribution is 4.73. The molecule has 96 valence electrons. The monoisotopic (exact) mass is 229 g/mol. The van der Waals surface area contributed by atoms with Gasteiger partial charge in [-0.15, -0.1) is 0 Å². The zero-order valence-corrected chi connectivity index (χ0v) is 10.7. The van der Waals surface area contributed by atoms with Crippen molar-refractivity contribution in [1.29, 1.82) is 0 Å². The summed E-state index contributed by atoms with van der Waals surface area (Å²) in [5.74, 6) is 1.83. The van der Waals surface area contributed by atoms with Gasteiger partial charge < -0.3 is 15.2 Å². The van der Waals surface area contributed by atoms with Crippen LogP contribution in [0.3, 0.4) is 0 Å². The van der Waals surface area contributed by atoms with E-state index in [-0.39, 0.29) is 0 Å². The van der Waals surface area contributed by atoms with Gasteiger partial charge in [0.05, 0.1) is 0 Å². The van der Waals surface area contributed by atoms with Gasteiger partial charge in [-0.1, -0.05) is 13.8 Å². The smallest absolute Gasteiger partial charge is 0.0468 e. The molecule has 0 spiro atoms. The lowest BCUT2D eigenvalue weighted by Gasteiger charge is -2.29. The zero-order chi connectivity index (χ0) is 11.8. The molecule has 0 bridgehead atoms. The summed E-state index contributed by atoms with van der Waals surface area (Å²) >= 11 is 0. The molecule has 0 aromatic carbocycles. The maximum absolute atomic E-state index is 9.42. The molecule has 2 N–H and O–H groups in total. The van der Waals surface area contributed by atoms with Crippen LogP contribution in [0.15, 0.2) is 0 Å². The Morgan fingerprint density at radius 1 is 1.31 bits per heavy atom. The maximum Gasteiger partial charge on any atom is 0.0468 e. The summed E-state index contributed by atoms with van der Waals surface area (Å²) in [6.45, 7) is 8.62. The van der Waals surface area contributed by atoms with E-state index in [1.54, 1.807) is 0 Å². The second-order valence-electron chi connectivity index (χ2n) is 5.28. The molecule has 1 atom stereocenters. The molecule has 1 fully saturated rings. The first-order valence-electron chi connectivity index (χ1n) is 6.63. The van der Waals surface area contributed by atoms with Gasteiger partial charge >= 0.3 is 0 Å². The van der Waals surface area contributed by atoms with Crippen molar-refractivity contribution >= 4 is 0 Å². The predicted molar refractivity (Wildman–Crippen MR) is 66.4 cm³/mol. The number of rotatable bonds is 7. The fraction of sp³-hybridized carbons (Fsp3) is 1.00. The van der Waals surface area contributed by atoms with E-state index < -0.39 is 0 Å². The molecule has 0 radical (unpaired) electrons. The molecule has 1 unspecified atom stereocenters. The summed E-state index contributed by atoms with van der Waals surface area (Å²) in [4.78, 5) is 0. The highest BCUT2D eigenvalue weighted by Crippen LogP contribution is 2.25. The lowest BCUT2D eigenvalue weighted by molar-refractivity contribution is 0.0312. The molecular weight excluding hydrogens is 202 g/mol. The Labute approximate surface area is 99.6 Å². The number of ether oxygens (including phenoxy) is 1. The molecule has 1 aliphatic rings. The average molecular weight is 229 g/mol. The van der Waals surface area contributed by atoms with Crippen LogP contribution >= 0.6 is 0 Å². The molecule has 0 amide bonds. The molecule has 0 aromatic rings. The predicted octanol–water partition coefficient (Wildman–Crippen LogP) is 1.66. The van der Waals surface area contributed by atoms with Gasteiger partial charge in [-0.25, -0.2) is 0 Å². The van der Waals surface area contributed by atoms with Crippen molar-refractivity contribution in [2.24, 2.45) is 17.8 Å². The van der Waals surface area contributed by atoms with Gasteiger partial charge in [-0.2, -0.15) is 0 Å². The van der Waals surface area contributed by atoms with Crippen LogP contribution < -0.4 is 5.32 Å². The lowest BCUT2D eigenvalue weighted by Crippen LogP contribution is -2.30. The first kappa shape index (κ1) is 13.9. The van der Waals surface area contributed by atoms with Crippen LogP contribution in [0.2, 0.25) is 0 Å². The van der Waals surface area contributed by atoms with E-state index >= 15 is 0 Å². The Hall–Kier alpha value is -0.120. The Bertz CT molecular complexity index is 167. The normalized spacial score (nSPS) is 20.2. The van der Waals surface area contributed by atoms with Crippen molar-refractivity contribution in [3.63, 3.8) is 0 Å². The first-order chi connectivity index (χ1) is 7.74. The van der Waals surface area contributed by atoms with E-state index in [0.29, 0.717) is 24.4 Å². The minimum Gasteiger partial charge on any atom is -0.396 e. The van der Waals surface area contributed by atoms with Crippen LogP contribution in [-0.2, 0) is 4.74 Å². The number of hydrogen-bond donors (Lipinski definition) is 2. The average Bonchev–Trinajstić information content (AvgIpc) is 2.30. The third-order valence-electron chi connectivity index (χ3n) is 3.41. The van der Waals surface area contributed by atoms with Gasteiger partial charge in [-0.3, -0.25) is 0 Å². The molecule has 1 rings (SSSR count). The Morgan fingerprint density at radius 3 is 2.56 bits per heavy atom. The van der Waals surface area contributed by atoms with Crippen molar-refractivity contribution in [1.82, 2.24) is 5.32 Å². The van der Waals surface area contributed by atoms with Gasteiger partial charge in [0.25, 0.3) is 0 Å². The van der Waals surface area contributed by atoms with Gasteiger partial charge in [-0.05, 0) is 50.1 Å². The molecule has 3 heteroatoms. The minimum absolute atomic E-state index is 0.327.